The highest BCUT2D eigenvalue weighted by Crippen LogP contribution is 2.34. The van der Waals surface area contributed by atoms with E-state index in [4.69, 9.17) is 14.2 Å². The van der Waals surface area contributed by atoms with Crippen molar-refractivity contribution in [1.29, 1.82) is 0 Å². The van der Waals surface area contributed by atoms with Gasteiger partial charge in [0.1, 0.15) is 5.75 Å². The molecule has 2 aromatic carbocycles. The summed E-state index contributed by atoms with van der Waals surface area (Å²) in [7, 11) is 4.67. The summed E-state index contributed by atoms with van der Waals surface area (Å²) in [5, 5.41) is 11.1. The summed E-state index contributed by atoms with van der Waals surface area (Å²) in [5.41, 5.74) is 1.64. The Balaban J connectivity index is 2.43. The second kappa shape index (κ2) is 7.49. The van der Waals surface area contributed by atoms with E-state index in [9.17, 15) is 10.1 Å². The second-order valence-electron chi connectivity index (χ2n) is 4.96. The molecule has 0 aromatic heterocycles. The maximum absolute atomic E-state index is 11.1. The molecule has 122 valence electrons. The second-order valence-corrected chi connectivity index (χ2v) is 4.96. The first kappa shape index (κ1) is 16.6. The maximum atomic E-state index is 11.1. The van der Waals surface area contributed by atoms with Gasteiger partial charge in [0, 0.05) is 4.92 Å². The number of hydrogen-bond acceptors (Lipinski definition) is 5. The molecule has 0 aliphatic heterocycles. The largest absolute Gasteiger partial charge is 0.497 e. The standard InChI is InChI=1S/C17H19NO5/c1-21-14-7-4-12(5-8-14)15(11-18(19)20)13-6-9-16(22-2)17(10-13)23-3/h4-10,15H,11H2,1-3H3. The average molecular weight is 317 g/mol. The third-order valence-electron chi connectivity index (χ3n) is 3.66. The Labute approximate surface area is 134 Å². The molecule has 0 spiro atoms. The maximum Gasteiger partial charge on any atom is 0.214 e. The van der Waals surface area contributed by atoms with Crippen LogP contribution in [0.1, 0.15) is 17.0 Å². The number of benzene rings is 2. The molecule has 0 saturated heterocycles. The number of nitrogens with zero attached hydrogens (tertiary/aromatic N) is 1. The van der Waals surface area contributed by atoms with E-state index in [-0.39, 0.29) is 17.4 Å². The van der Waals surface area contributed by atoms with Crippen molar-refractivity contribution in [2.75, 3.05) is 27.9 Å². The van der Waals surface area contributed by atoms with Gasteiger partial charge in [0.2, 0.25) is 6.54 Å². The zero-order valence-electron chi connectivity index (χ0n) is 13.3. The van der Waals surface area contributed by atoms with E-state index in [2.05, 4.69) is 0 Å². The smallest absolute Gasteiger partial charge is 0.214 e. The minimum Gasteiger partial charge on any atom is -0.497 e. The van der Waals surface area contributed by atoms with Crippen LogP contribution in [0.25, 0.3) is 0 Å². The Morgan fingerprint density at radius 3 is 2.04 bits per heavy atom. The van der Waals surface area contributed by atoms with Crippen LogP contribution in [0.15, 0.2) is 42.5 Å². The predicted molar refractivity (Wildman–Crippen MR) is 86.2 cm³/mol. The topological polar surface area (TPSA) is 70.8 Å². The van der Waals surface area contributed by atoms with Crippen molar-refractivity contribution in [3.63, 3.8) is 0 Å². The number of hydrogen-bond donors (Lipinski definition) is 0. The molecule has 1 atom stereocenters. The molecule has 0 bridgehead atoms. The van der Waals surface area contributed by atoms with E-state index < -0.39 is 0 Å². The van der Waals surface area contributed by atoms with Gasteiger partial charge >= 0.3 is 0 Å². The minimum absolute atomic E-state index is 0.207. The lowest BCUT2D eigenvalue weighted by Crippen LogP contribution is -2.14. The van der Waals surface area contributed by atoms with Gasteiger partial charge in [-0.25, -0.2) is 0 Å². The highest BCUT2D eigenvalue weighted by Gasteiger charge is 2.22. The van der Waals surface area contributed by atoms with Gasteiger partial charge in [0.05, 0.1) is 27.2 Å². The van der Waals surface area contributed by atoms with Crippen molar-refractivity contribution < 1.29 is 19.1 Å². The van der Waals surface area contributed by atoms with Gasteiger partial charge in [-0.3, -0.25) is 10.1 Å². The summed E-state index contributed by atoms with van der Waals surface area (Å²) in [5.74, 6) is 1.47. The summed E-state index contributed by atoms with van der Waals surface area (Å²) < 4.78 is 15.6. The molecule has 0 radical (unpaired) electrons. The van der Waals surface area contributed by atoms with Crippen LogP contribution in [0.2, 0.25) is 0 Å². The van der Waals surface area contributed by atoms with Crippen LogP contribution in [0.4, 0.5) is 0 Å². The fourth-order valence-corrected chi connectivity index (χ4v) is 2.46. The summed E-state index contributed by atoms with van der Waals surface area (Å²) in [6.07, 6.45) is 0. The molecule has 2 aromatic rings. The molecule has 0 aliphatic carbocycles. The first-order chi connectivity index (χ1) is 11.1. The fourth-order valence-electron chi connectivity index (χ4n) is 2.46. The normalized spacial score (nSPS) is 11.6. The van der Waals surface area contributed by atoms with Crippen molar-refractivity contribution in [2.45, 2.75) is 5.92 Å². The van der Waals surface area contributed by atoms with Crippen molar-refractivity contribution in [1.82, 2.24) is 0 Å². The number of ether oxygens (including phenoxy) is 3. The summed E-state index contributed by atoms with van der Waals surface area (Å²) >= 11 is 0. The Bertz CT molecular complexity index is 669. The van der Waals surface area contributed by atoms with Crippen molar-refractivity contribution in [3.05, 3.63) is 63.7 Å². The van der Waals surface area contributed by atoms with Crippen molar-refractivity contribution in [2.24, 2.45) is 0 Å². The van der Waals surface area contributed by atoms with Gasteiger partial charge < -0.3 is 14.2 Å². The molecule has 0 heterocycles. The molecule has 0 fully saturated rings. The zero-order chi connectivity index (χ0) is 16.8. The van der Waals surface area contributed by atoms with Crippen LogP contribution >= 0.6 is 0 Å². The molecule has 2 rings (SSSR count). The molecular formula is C17H19NO5. The van der Waals surface area contributed by atoms with Gasteiger partial charge in [-0.05, 0) is 35.4 Å². The predicted octanol–water partition coefficient (Wildman–Crippen LogP) is 3.12. The Kier molecular flexibility index (Phi) is 5.41. The van der Waals surface area contributed by atoms with Gasteiger partial charge in [0.25, 0.3) is 0 Å². The van der Waals surface area contributed by atoms with Crippen molar-refractivity contribution >= 4 is 0 Å². The monoisotopic (exact) mass is 317 g/mol. The Morgan fingerprint density at radius 1 is 0.913 bits per heavy atom. The molecule has 0 N–H and O–H groups in total. The first-order valence-corrected chi connectivity index (χ1v) is 7.06. The number of rotatable bonds is 7. The van der Waals surface area contributed by atoms with E-state index in [0.717, 1.165) is 11.1 Å². The van der Waals surface area contributed by atoms with E-state index in [0.29, 0.717) is 17.2 Å². The van der Waals surface area contributed by atoms with Crippen LogP contribution in [0, 0.1) is 10.1 Å². The van der Waals surface area contributed by atoms with Gasteiger partial charge in [-0.2, -0.15) is 0 Å². The Hall–Kier alpha value is -2.76. The first-order valence-electron chi connectivity index (χ1n) is 7.06. The van der Waals surface area contributed by atoms with Gasteiger partial charge in [-0.15, -0.1) is 0 Å². The van der Waals surface area contributed by atoms with Crippen LogP contribution in [-0.4, -0.2) is 32.8 Å². The quantitative estimate of drug-likeness (QED) is 0.579. The highest BCUT2D eigenvalue weighted by atomic mass is 16.6. The highest BCUT2D eigenvalue weighted by molar-refractivity contribution is 5.46. The van der Waals surface area contributed by atoms with Crippen LogP contribution in [-0.2, 0) is 0 Å². The fraction of sp³-hybridized carbons (Fsp3) is 0.294. The molecular weight excluding hydrogens is 298 g/mol. The van der Waals surface area contributed by atoms with E-state index in [1.807, 2.05) is 18.2 Å². The van der Waals surface area contributed by atoms with Crippen LogP contribution in [0.5, 0.6) is 17.2 Å². The van der Waals surface area contributed by atoms with E-state index in [1.54, 1.807) is 38.5 Å². The summed E-state index contributed by atoms with van der Waals surface area (Å²) in [6.45, 7) is -0.207. The summed E-state index contributed by atoms with van der Waals surface area (Å²) in [4.78, 5) is 10.8. The lowest BCUT2D eigenvalue weighted by Gasteiger charge is -2.16. The minimum atomic E-state index is -0.379. The van der Waals surface area contributed by atoms with Gasteiger partial charge in [0.15, 0.2) is 11.5 Å². The molecule has 0 saturated carbocycles. The molecule has 0 aliphatic rings. The number of nitro groups is 1. The summed E-state index contributed by atoms with van der Waals surface area (Å²) in [6, 6.07) is 12.6. The molecule has 6 heteroatoms. The van der Waals surface area contributed by atoms with E-state index in [1.165, 1.54) is 7.11 Å². The van der Waals surface area contributed by atoms with Crippen molar-refractivity contribution in [3.8, 4) is 17.2 Å². The van der Waals surface area contributed by atoms with Crippen LogP contribution < -0.4 is 14.2 Å². The average Bonchev–Trinajstić information content (AvgIpc) is 2.59. The SMILES string of the molecule is COc1ccc(C(C[N+](=O)[O-])c2ccc(OC)c(OC)c2)cc1. The van der Waals surface area contributed by atoms with Crippen LogP contribution in [0.3, 0.4) is 0 Å². The molecule has 1 unspecified atom stereocenters. The Morgan fingerprint density at radius 2 is 1.52 bits per heavy atom. The molecule has 23 heavy (non-hydrogen) atoms. The lowest BCUT2D eigenvalue weighted by molar-refractivity contribution is -0.481. The third kappa shape index (κ3) is 3.91. The molecule has 0 amide bonds. The van der Waals surface area contributed by atoms with Gasteiger partial charge in [-0.1, -0.05) is 18.2 Å². The van der Waals surface area contributed by atoms with E-state index >= 15 is 0 Å². The molecule has 6 nitrogen and oxygen atoms in total. The lowest BCUT2D eigenvalue weighted by atomic mass is 9.91. The third-order valence-corrected chi connectivity index (χ3v) is 3.66. The zero-order valence-corrected chi connectivity index (χ0v) is 13.3. The number of methoxy groups -OCH3 is 3.